The average molecular weight is 496 g/mol. The van der Waals surface area contributed by atoms with Gasteiger partial charge in [-0.2, -0.15) is 0 Å². The number of fused-ring (bicyclic) bond motifs is 2. The van der Waals surface area contributed by atoms with Crippen LogP contribution in [0.25, 0.3) is 11.1 Å². The van der Waals surface area contributed by atoms with Crippen molar-refractivity contribution in [3.8, 4) is 16.9 Å². The number of hydrogen-bond acceptors (Lipinski definition) is 7. The molecule has 2 aromatic heterocycles. The van der Waals surface area contributed by atoms with Crippen molar-refractivity contribution in [1.29, 1.82) is 0 Å². The molecule has 4 aliphatic rings. The average Bonchev–Trinajstić information content (AvgIpc) is 3.39. The third-order valence-corrected chi connectivity index (χ3v) is 6.98. The van der Waals surface area contributed by atoms with Crippen molar-refractivity contribution in [2.24, 2.45) is 0 Å². The van der Waals surface area contributed by atoms with Gasteiger partial charge >= 0.3 is 0 Å². The number of benzene rings is 2. The number of rotatable bonds is 0. The van der Waals surface area contributed by atoms with Crippen LogP contribution in [0.5, 0.6) is 5.75 Å². The van der Waals surface area contributed by atoms with Crippen molar-refractivity contribution < 1.29 is 9.53 Å². The van der Waals surface area contributed by atoms with Gasteiger partial charge in [-0.15, -0.1) is 5.10 Å². The van der Waals surface area contributed by atoms with E-state index in [-0.39, 0.29) is 5.82 Å². The molecule has 188 valence electrons. The predicted molar refractivity (Wildman–Crippen MR) is 142 cm³/mol. The van der Waals surface area contributed by atoms with Crippen molar-refractivity contribution >= 4 is 17.4 Å². The molecule has 1 saturated heterocycles. The van der Waals surface area contributed by atoms with Crippen LogP contribution in [0.15, 0.2) is 60.8 Å². The van der Waals surface area contributed by atoms with Gasteiger partial charge in [0.15, 0.2) is 0 Å². The number of nitrogens with zero attached hydrogens (tertiary/aromatic N) is 5. The molecule has 0 unspecified atom stereocenters. The van der Waals surface area contributed by atoms with Gasteiger partial charge in [-0.05, 0) is 65.6 Å². The number of nitrogens with one attached hydrogen (secondary N) is 2. The van der Waals surface area contributed by atoms with Crippen molar-refractivity contribution in [1.82, 2.24) is 25.1 Å². The molecule has 6 heterocycles. The van der Waals surface area contributed by atoms with E-state index >= 15 is 0 Å². The molecule has 1 fully saturated rings. The molecular weight excluding hydrogens is 466 g/mol. The number of H-pyrrole nitrogens is 1. The Hall–Kier alpha value is -4.24. The fourth-order valence-corrected chi connectivity index (χ4v) is 4.86. The first-order valence-electron chi connectivity index (χ1n) is 12.6. The largest absolute Gasteiger partial charge is 0.492 e. The highest BCUT2D eigenvalue weighted by Crippen LogP contribution is 2.29. The second kappa shape index (κ2) is 10.0. The molecular formula is C28H29N7O2. The zero-order valence-corrected chi connectivity index (χ0v) is 20.8. The summed E-state index contributed by atoms with van der Waals surface area (Å²) >= 11 is 0. The lowest BCUT2D eigenvalue weighted by molar-refractivity contribution is 0.101. The SMILES string of the molecule is Cc1ccc2cc1-c1ccnc(c1)NC(=O)c1n[nH]c(n1)Cc1ccc(cc1)N1CCN(CCO2)CC1. The second-order valence-electron chi connectivity index (χ2n) is 9.49. The Balaban J connectivity index is 1.30. The molecule has 1 amide bonds. The summed E-state index contributed by atoms with van der Waals surface area (Å²) in [6, 6.07) is 18.4. The van der Waals surface area contributed by atoms with Crippen LogP contribution in [0.2, 0.25) is 0 Å². The van der Waals surface area contributed by atoms with Gasteiger partial charge in [0.05, 0.1) is 0 Å². The molecule has 8 rings (SSSR count). The summed E-state index contributed by atoms with van der Waals surface area (Å²) in [7, 11) is 0. The van der Waals surface area contributed by atoms with E-state index < -0.39 is 5.91 Å². The highest BCUT2D eigenvalue weighted by atomic mass is 16.5. The molecule has 37 heavy (non-hydrogen) atoms. The highest BCUT2D eigenvalue weighted by molar-refractivity contribution is 6.01. The van der Waals surface area contributed by atoms with Crippen LogP contribution in [-0.2, 0) is 6.42 Å². The molecule has 0 saturated carbocycles. The summed E-state index contributed by atoms with van der Waals surface area (Å²) in [4.78, 5) is 26.4. The number of aryl methyl sites for hydroxylation is 1. The second-order valence-corrected chi connectivity index (χ2v) is 9.49. The predicted octanol–water partition coefficient (Wildman–Crippen LogP) is 3.53. The Morgan fingerprint density at radius 2 is 1.78 bits per heavy atom. The van der Waals surface area contributed by atoms with Crippen molar-refractivity contribution in [3.05, 3.63) is 83.6 Å². The van der Waals surface area contributed by atoms with Gasteiger partial charge in [0, 0.05) is 51.0 Å². The fourth-order valence-electron chi connectivity index (χ4n) is 4.86. The van der Waals surface area contributed by atoms with E-state index in [4.69, 9.17) is 4.74 Å². The quantitative estimate of drug-likeness (QED) is 0.385. The smallest absolute Gasteiger partial charge is 0.296 e. The number of aromatic nitrogens is 4. The van der Waals surface area contributed by atoms with Crippen molar-refractivity contribution in [2.75, 3.05) is 49.5 Å². The number of amides is 1. The van der Waals surface area contributed by atoms with E-state index in [0.717, 1.165) is 60.7 Å². The molecule has 9 heteroatoms. The normalized spacial score (nSPS) is 16.4. The lowest BCUT2D eigenvalue weighted by Crippen LogP contribution is -2.47. The van der Waals surface area contributed by atoms with Gasteiger partial charge in [0.25, 0.3) is 5.91 Å². The Kier molecular flexibility index (Phi) is 6.28. The highest BCUT2D eigenvalue weighted by Gasteiger charge is 2.18. The first-order chi connectivity index (χ1) is 18.1. The molecule has 2 aromatic carbocycles. The zero-order valence-electron chi connectivity index (χ0n) is 20.8. The van der Waals surface area contributed by atoms with Gasteiger partial charge in [0.1, 0.15) is 24.0 Å². The first kappa shape index (κ1) is 23.2. The Morgan fingerprint density at radius 3 is 2.62 bits per heavy atom. The fraction of sp³-hybridized carbons (Fsp3) is 0.286. The lowest BCUT2D eigenvalue weighted by Gasteiger charge is -2.36. The summed E-state index contributed by atoms with van der Waals surface area (Å²) in [5.74, 6) is 1.58. The van der Waals surface area contributed by atoms with Gasteiger partial charge in [0.2, 0.25) is 5.82 Å². The lowest BCUT2D eigenvalue weighted by atomic mass is 10.0. The van der Waals surface area contributed by atoms with E-state index in [0.29, 0.717) is 24.7 Å². The third kappa shape index (κ3) is 5.17. The molecule has 10 bridgehead atoms. The maximum atomic E-state index is 12.8. The van der Waals surface area contributed by atoms with Crippen LogP contribution in [-0.4, -0.2) is 70.3 Å². The maximum Gasteiger partial charge on any atom is 0.296 e. The first-order valence-corrected chi connectivity index (χ1v) is 12.6. The number of piperazine rings is 1. The number of anilines is 2. The summed E-state index contributed by atoms with van der Waals surface area (Å²) in [5, 5.41) is 9.84. The molecule has 0 radical (unpaired) electrons. The molecule has 4 aliphatic heterocycles. The van der Waals surface area contributed by atoms with Gasteiger partial charge < -0.3 is 15.0 Å². The minimum absolute atomic E-state index is 0.0849. The number of carbonyl (C=O) groups is 1. The van der Waals surface area contributed by atoms with Crippen LogP contribution >= 0.6 is 0 Å². The van der Waals surface area contributed by atoms with E-state index in [2.05, 4.69) is 78.6 Å². The van der Waals surface area contributed by atoms with Crippen LogP contribution < -0.4 is 15.0 Å². The third-order valence-electron chi connectivity index (χ3n) is 6.98. The van der Waals surface area contributed by atoms with Crippen LogP contribution in [0, 0.1) is 6.92 Å². The number of pyridine rings is 1. The standard InChI is InChI=1S/C28H29N7O2/c1-19-2-7-23-18-24(19)21-8-9-29-25(17-21)31-28(36)27-30-26(32-33-27)16-20-3-5-22(6-4-20)35-12-10-34(11-13-35)14-15-37-23/h2-9,17-18H,10-16H2,1H3,(H,29,31,36)(H,30,32,33). The zero-order chi connectivity index (χ0) is 25.2. The van der Waals surface area contributed by atoms with E-state index in [1.807, 2.05) is 18.2 Å². The van der Waals surface area contributed by atoms with Crippen molar-refractivity contribution in [2.45, 2.75) is 13.3 Å². The van der Waals surface area contributed by atoms with Gasteiger partial charge in [-0.1, -0.05) is 18.2 Å². The summed E-state index contributed by atoms with van der Waals surface area (Å²) in [5.41, 5.74) is 5.42. The number of ether oxygens (including phenoxy) is 1. The number of hydrogen-bond donors (Lipinski definition) is 2. The van der Waals surface area contributed by atoms with Crippen molar-refractivity contribution in [3.63, 3.8) is 0 Å². The summed E-state index contributed by atoms with van der Waals surface area (Å²) in [6.07, 6.45) is 2.25. The van der Waals surface area contributed by atoms with Gasteiger partial charge in [-0.3, -0.25) is 14.8 Å². The number of carbonyl (C=O) groups excluding carboxylic acids is 1. The molecule has 0 aliphatic carbocycles. The molecule has 4 aromatic rings. The van der Waals surface area contributed by atoms with Crippen LogP contribution in [0.4, 0.5) is 11.5 Å². The summed E-state index contributed by atoms with van der Waals surface area (Å²) < 4.78 is 6.14. The Labute approximate surface area is 215 Å². The minimum Gasteiger partial charge on any atom is -0.492 e. The summed E-state index contributed by atoms with van der Waals surface area (Å²) in [6.45, 7) is 7.56. The Morgan fingerprint density at radius 1 is 0.946 bits per heavy atom. The molecule has 2 N–H and O–H groups in total. The Bertz CT molecular complexity index is 1410. The molecule has 0 spiro atoms. The minimum atomic E-state index is -0.409. The van der Waals surface area contributed by atoms with Gasteiger partial charge in [-0.25, -0.2) is 9.97 Å². The topological polar surface area (TPSA) is 99.3 Å². The molecule has 0 atom stereocenters. The molecule has 9 nitrogen and oxygen atoms in total. The van der Waals surface area contributed by atoms with E-state index in [1.54, 1.807) is 6.20 Å². The van der Waals surface area contributed by atoms with Crippen LogP contribution in [0.1, 0.15) is 27.6 Å². The van der Waals surface area contributed by atoms with Crippen LogP contribution in [0.3, 0.4) is 0 Å². The van der Waals surface area contributed by atoms with E-state index in [1.165, 1.54) is 5.69 Å². The monoisotopic (exact) mass is 495 g/mol. The van der Waals surface area contributed by atoms with E-state index in [9.17, 15) is 4.79 Å². The maximum absolute atomic E-state index is 12.8. The number of aromatic amines is 1.